The first-order valence-corrected chi connectivity index (χ1v) is 6.04. The van der Waals surface area contributed by atoms with Crippen LogP contribution in [0.1, 0.15) is 30.1 Å². The minimum Gasteiger partial charge on any atom is -0.468 e. The second-order valence-electron chi connectivity index (χ2n) is 4.49. The summed E-state index contributed by atoms with van der Waals surface area (Å²) in [6, 6.07) is 5.17. The first-order chi connectivity index (χ1) is 8.96. The molecular formula is C13H15F3O3. The Labute approximate surface area is 108 Å². The van der Waals surface area contributed by atoms with Gasteiger partial charge in [-0.3, -0.25) is 0 Å². The van der Waals surface area contributed by atoms with E-state index in [-0.39, 0.29) is 0 Å². The molecule has 2 rings (SSSR count). The zero-order valence-electron chi connectivity index (χ0n) is 10.2. The molecule has 1 aliphatic carbocycles. The summed E-state index contributed by atoms with van der Waals surface area (Å²) in [5.41, 5.74) is 1.85. The van der Waals surface area contributed by atoms with E-state index in [1.54, 1.807) is 12.1 Å². The summed E-state index contributed by atoms with van der Waals surface area (Å²) >= 11 is 0. The molecule has 0 heterocycles. The number of hydrogen-bond donors (Lipinski definition) is 1. The van der Waals surface area contributed by atoms with Gasteiger partial charge in [0.05, 0.1) is 6.10 Å². The monoisotopic (exact) mass is 276 g/mol. The summed E-state index contributed by atoms with van der Waals surface area (Å²) in [6.07, 6.45) is -2.35. The average molecular weight is 276 g/mol. The van der Waals surface area contributed by atoms with Gasteiger partial charge in [0, 0.05) is 0 Å². The lowest BCUT2D eigenvalue weighted by molar-refractivity contribution is -0.186. The third-order valence-electron chi connectivity index (χ3n) is 2.97. The van der Waals surface area contributed by atoms with E-state index in [1.807, 2.05) is 6.07 Å². The molecular weight excluding hydrogens is 261 g/mol. The number of aliphatic hydroxyl groups is 1. The average Bonchev–Trinajstić information content (AvgIpc) is 2.34. The Hall–Kier alpha value is -1.27. The van der Waals surface area contributed by atoms with Crippen LogP contribution >= 0.6 is 0 Å². The third kappa shape index (κ3) is 4.11. The maximum absolute atomic E-state index is 11.8. The fourth-order valence-corrected chi connectivity index (χ4v) is 2.11. The number of rotatable bonds is 4. The Morgan fingerprint density at radius 3 is 2.84 bits per heavy atom. The molecule has 106 valence electrons. The summed E-state index contributed by atoms with van der Waals surface area (Å²) in [4.78, 5) is 0. The van der Waals surface area contributed by atoms with E-state index >= 15 is 0 Å². The van der Waals surface area contributed by atoms with Gasteiger partial charge in [-0.2, -0.15) is 13.2 Å². The molecule has 0 radical (unpaired) electrons. The van der Waals surface area contributed by atoms with Gasteiger partial charge in [-0.25, -0.2) is 0 Å². The van der Waals surface area contributed by atoms with Gasteiger partial charge in [0.15, 0.2) is 6.79 Å². The van der Waals surface area contributed by atoms with E-state index in [4.69, 9.17) is 4.74 Å². The molecule has 0 saturated heterocycles. The van der Waals surface area contributed by atoms with Crippen molar-refractivity contribution in [2.24, 2.45) is 0 Å². The minimum absolute atomic E-state index is 0.405. The van der Waals surface area contributed by atoms with Crippen LogP contribution in [0.5, 0.6) is 5.75 Å². The Balaban J connectivity index is 1.89. The molecule has 0 aliphatic heterocycles. The molecule has 6 heteroatoms. The van der Waals surface area contributed by atoms with E-state index in [0.29, 0.717) is 12.2 Å². The second kappa shape index (κ2) is 5.79. The van der Waals surface area contributed by atoms with Crippen molar-refractivity contribution >= 4 is 0 Å². The highest BCUT2D eigenvalue weighted by molar-refractivity contribution is 5.38. The van der Waals surface area contributed by atoms with Gasteiger partial charge < -0.3 is 14.6 Å². The Morgan fingerprint density at radius 1 is 1.32 bits per heavy atom. The molecule has 0 amide bonds. The van der Waals surface area contributed by atoms with Gasteiger partial charge in [-0.05, 0) is 42.5 Å². The normalized spacial score (nSPS) is 19.1. The van der Waals surface area contributed by atoms with Crippen LogP contribution in [0.3, 0.4) is 0 Å². The summed E-state index contributed by atoms with van der Waals surface area (Å²) in [5, 5.41) is 9.83. The maximum Gasteiger partial charge on any atom is 0.411 e. The van der Waals surface area contributed by atoms with Crippen molar-refractivity contribution in [3.8, 4) is 5.75 Å². The standard InChI is InChI=1S/C13H15F3O3/c14-13(15,16)7-18-8-19-10-5-4-9-2-1-3-12(17)11(9)6-10/h4-6,12,17H,1-3,7-8H2/t12-/m0/s1. The molecule has 1 aliphatic rings. The highest BCUT2D eigenvalue weighted by Gasteiger charge is 2.27. The largest absolute Gasteiger partial charge is 0.468 e. The molecule has 0 bridgehead atoms. The van der Waals surface area contributed by atoms with E-state index in [9.17, 15) is 18.3 Å². The minimum atomic E-state index is -4.35. The Bertz CT molecular complexity index is 432. The van der Waals surface area contributed by atoms with Crippen molar-refractivity contribution in [2.45, 2.75) is 31.5 Å². The maximum atomic E-state index is 11.8. The topological polar surface area (TPSA) is 38.7 Å². The van der Waals surface area contributed by atoms with E-state index in [2.05, 4.69) is 4.74 Å². The van der Waals surface area contributed by atoms with Gasteiger partial charge >= 0.3 is 6.18 Å². The lowest BCUT2D eigenvalue weighted by Gasteiger charge is -2.22. The molecule has 3 nitrogen and oxygen atoms in total. The van der Waals surface area contributed by atoms with Crippen LogP contribution in [-0.4, -0.2) is 24.7 Å². The summed E-state index contributed by atoms with van der Waals surface area (Å²) in [6.45, 7) is -1.80. The van der Waals surface area contributed by atoms with Gasteiger partial charge in [0.25, 0.3) is 0 Å². The summed E-state index contributed by atoms with van der Waals surface area (Å²) < 4.78 is 45.0. The Morgan fingerprint density at radius 2 is 2.11 bits per heavy atom. The summed E-state index contributed by atoms with van der Waals surface area (Å²) in [5.74, 6) is 0.405. The number of hydrogen-bond acceptors (Lipinski definition) is 3. The van der Waals surface area contributed by atoms with Crippen LogP contribution in [0.15, 0.2) is 18.2 Å². The van der Waals surface area contributed by atoms with E-state index < -0.39 is 25.7 Å². The molecule has 1 aromatic carbocycles. The lowest BCUT2D eigenvalue weighted by atomic mass is 9.89. The number of aliphatic hydroxyl groups excluding tert-OH is 1. The van der Waals surface area contributed by atoms with Gasteiger partial charge in [0.1, 0.15) is 12.4 Å². The predicted octanol–water partition coefficient (Wildman–Crippen LogP) is 2.97. The smallest absolute Gasteiger partial charge is 0.411 e. The number of ether oxygens (including phenoxy) is 2. The summed E-state index contributed by atoms with van der Waals surface area (Å²) in [7, 11) is 0. The zero-order valence-corrected chi connectivity index (χ0v) is 10.2. The lowest BCUT2D eigenvalue weighted by Crippen LogP contribution is -2.19. The fourth-order valence-electron chi connectivity index (χ4n) is 2.11. The molecule has 0 aromatic heterocycles. The Kier molecular flexibility index (Phi) is 4.31. The van der Waals surface area contributed by atoms with Crippen molar-refractivity contribution in [1.82, 2.24) is 0 Å². The van der Waals surface area contributed by atoms with Crippen molar-refractivity contribution in [1.29, 1.82) is 0 Å². The molecule has 0 spiro atoms. The van der Waals surface area contributed by atoms with Crippen LogP contribution in [0, 0.1) is 0 Å². The highest BCUT2D eigenvalue weighted by Crippen LogP contribution is 2.32. The zero-order chi connectivity index (χ0) is 13.9. The number of benzene rings is 1. The number of halogens is 3. The SMILES string of the molecule is O[C@H]1CCCc2ccc(OCOCC(F)(F)F)cc21. The van der Waals surface area contributed by atoms with E-state index in [1.165, 1.54) is 0 Å². The predicted molar refractivity (Wildman–Crippen MR) is 61.8 cm³/mol. The molecule has 0 fully saturated rings. The second-order valence-corrected chi connectivity index (χ2v) is 4.49. The van der Waals surface area contributed by atoms with Crippen LogP contribution in [0.2, 0.25) is 0 Å². The highest BCUT2D eigenvalue weighted by atomic mass is 19.4. The van der Waals surface area contributed by atoms with E-state index in [0.717, 1.165) is 24.0 Å². The first kappa shape index (κ1) is 14.1. The van der Waals surface area contributed by atoms with Crippen LogP contribution in [-0.2, 0) is 11.2 Å². The number of alkyl halides is 3. The number of fused-ring (bicyclic) bond motifs is 1. The molecule has 1 atom stereocenters. The fraction of sp³-hybridized carbons (Fsp3) is 0.538. The van der Waals surface area contributed by atoms with Gasteiger partial charge in [-0.1, -0.05) is 6.07 Å². The molecule has 0 saturated carbocycles. The third-order valence-corrected chi connectivity index (χ3v) is 2.97. The number of aryl methyl sites for hydroxylation is 1. The van der Waals surface area contributed by atoms with Crippen molar-refractivity contribution < 1.29 is 27.8 Å². The van der Waals surface area contributed by atoms with Crippen LogP contribution in [0.25, 0.3) is 0 Å². The molecule has 19 heavy (non-hydrogen) atoms. The van der Waals surface area contributed by atoms with Crippen LogP contribution < -0.4 is 4.74 Å². The van der Waals surface area contributed by atoms with Crippen LogP contribution in [0.4, 0.5) is 13.2 Å². The molecule has 1 aromatic rings. The molecule has 0 unspecified atom stereocenters. The quantitative estimate of drug-likeness (QED) is 0.678. The van der Waals surface area contributed by atoms with Crippen molar-refractivity contribution in [3.63, 3.8) is 0 Å². The van der Waals surface area contributed by atoms with Gasteiger partial charge in [0.2, 0.25) is 0 Å². The van der Waals surface area contributed by atoms with Gasteiger partial charge in [-0.15, -0.1) is 0 Å². The first-order valence-electron chi connectivity index (χ1n) is 6.04. The van der Waals surface area contributed by atoms with Crippen molar-refractivity contribution in [2.75, 3.05) is 13.4 Å². The molecule has 1 N–H and O–H groups in total. The van der Waals surface area contributed by atoms with Crippen molar-refractivity contribution in [3.05, 3.63) is 29.3 Å².